The van der Waals surface area contributed by atoms with Crippen molar-refractivity contribution in [2.75, 3.05) is 0 Å². The van der Waals surface area contributed by atoms with E-state index < -0.39 is 7.92 Å². The van der Waals surface area contributed by atoms with Gasteiger partial charge in [-0.25, -0.2) is 0 Å². The molecule has 0 nitrogen and oxygen atoms in total. The Balaban J connectivity index is 0.000000235. The van der Waals surface area contributed by atoms with Gasteiger partial charge in [0.25, 0.3) is 0 Å². The summed E-state index contributed by atoms with van der Waals surface area (Å²) in [7, 11) is 9.22. The molecule has 0 spiro atoms. The van der Waals surface area contributed by atoms with E-state index in [2.05, 4.69) is 126 Å². The summed E-state index contributed by atoms with van der Waals surface area (Å²) >= 11 is -0.226. The maximum atomic E-state index is 4.83. The van der Waals surface area contributed by atoms with E-state index in [1.807, 2.05) is 0 Å². The molecule has 1 aliphatic rings. The molecule has 32 heavy (non-hydrogen) atoms. The standard InChI is InChI=1S/C18H15P.C10H15.2ClH.Rh/c1-4-10-16(11-5-1)19(17-12-6-2-7-13-17)18-14-8-3-9-15-18;1-6-7(2)9(4)10(5)8(6)3;;;/h1-15H;1-5H3;2*1H;/q;;;;+3/p-2. The number of benzene rings is 3. The summed E-state index contributed by atoms with van der Waals surface area (Å²) < 4.78 is 0. The number of halogens is 2. The number of hydrogen-bond donors (Lipinski definition) is 0. The van der Waals surface area contributed by atoms with Gasteiger partial charge in [0, 0.05) is 0 Å². The Morgan fingerprint density at radius 2 is 0.625 bits per heavy atom. The van der Waals surface area contributed by atoms with Gasteiger partial charge in [0.15, 0.2) is 0 Å². The van der Waals surface area contributed by atoms with Crippen molar-refractivity contribution in [2.24, 2.45) is 0 Å². The molecular weight excluding hydrogens is 541 g/mol. The molecule has 3 aromatic rings. The Morgan fingerprint density at radius 1 is 0.438 bits per heavy atom. The fourth-order valence-corrected chi connectivity index (χ4v) is 5.89. The Bertz CT molecular complexity index is 737. The molecule has 4 heteroatoms. The predicted octanol–water partition coefficient (Wildman–Crippen LogP) is 7.79. The van der Waals surface area contributed by atoms with Crippen molar-refractivity contribution in [3.63, 3.8) is 0 Å². The molecule has 1 saturated carbocycles. The van der Waals surface area contributed by atoms with Gasteiger partial charge in [-0.15, -0.1) is 0 Å². The quantitative estimate of drug-likeness (QED) is 0.223. The summed E-state index contributed by atoms with van der Waals surface area (Å²) in [4.78, 5) is 0. The minimum Gasteiger partial charge on any atom is -0.0622 e. The van der Waals surface area contributed by atoms with Crippen LogP contribution >= 0.6 is 27.3 Å². The van der Waals surface area contributed by atoms with Gasteiger partial charge in [-0.2, -0.15) is 0 Å². The molecule has 0 amide bonds. The van der Waals surface area contributed by atoms with Crippen LogP contribution in [-0.2, 0) is 15.1 Å². The molecule has 0 heterocycles. The molecule has 0 atom stereocenters. The van der Waals surface area contributed by atoms with E-state index in [1.165, 1.54) is 45.5 Å². The second kappa shape index (κ2) is 14.5. The Morgan fingerprint density at radius 3 is 0.812 bits per heavy atom. The van der Waals surface area contributed by atoms with Gasteiger partial charge in [0.05, 0.1) is 0 Å². The number of rotatable bonds is 3. The monoisotopic (exact) mass is 570 g/mol. The average Bonchev–Trinajstić information content (AvgIpc) is 3.00. The summed E-state index contributed by atoms with van der Waals surface area (Å²) in [5, 5.41) is 4.19. The van der Waals surface area contributed by atoms with Gasteiger partial charge in [-0.1, -0.05) is 126 Å². The minimum absolute atomic E-state index is 0.226. The topological polar surface area (TPSA) is 0 Å². The fourth-order valence-electron chi connectivity index (χ4n) is 3.58. The molecule has 4 rings (SSSR count). The summed E-state index contributed by atoms with van der Waals surface area (Å²) in [6, 6.07) is 32.3. The van der Waals surface area contributed by atoms with Crippen LogP contribution in [0, 0.1) is 29.6 Å². The zero-order chi connectivity index (χ0) is 23.5. The van der Waals surface area contributed by atoms with Crippen LogP contribution in [0.3, 0.4) is 0 Å². The van der Waals surface area contributed by atoms with Crippen LogP contribution in [0.4, 0.5) is 0 Å². The molecule has 0 aromatic heterocycles. The maximum absolute atomic E-state index is 4.83. The van der Waals surface area contributed by atoms with Crippen LogP contribution in [-0.4, -0.2) is 0 Å². The molecule has 0 saturated heterocycles. The number of hydrogen-bond acceptors (Lipinski definition) is 0. The van der Waals surface area contributed by atoms with Gasteiger partial charge < -0.3 is 0 Å². The van der Waals surface area contributed by atoms with Crippen molar-refractivity contribution in [1.82, 2.24) is 0 Å². The van der Waals surface area contributed by atoms with E-state index in [4.69, 9.17) is 19.4 Å². The molecule has 1 aliphatic carbocycles. The summed E-state index contributed by atoms with van der Waals surface area (Å²) in [5.41, 5.74) is 0. The molecular formula is C28H30Cl2PRh+. The van der Waals surface area contributed by atoms with Crippen molar-refractivity contribution in [2.45, 2.75) is 34.6 Å². The second-order valence-corrected chi connectivity index (χ2v) is 12.2. The van der Waals surface area contributed by atoms with Gasteiger partial charge >= 0.3 is 34.5 Å². The molecule has 0 unspecified atom stereocenters. The first kappa shape index (κ1) is 27.5. The van der Waals surface area contributed by atoms with Crippen LogP contribution in [0.2, 0.25) is 0 Å². The van der Waals surface area contributed by atoms with Gasteiger partial charge in [-0.3, -0.25) is 0 Å². The van der Waals surface area contributed by atoms with Crippen LogP contribution < -0.4 is 15.9 Å². The van der Waals surface area contributed by atoms with Gasteiger partial charge in [0.1, 0.15) is 0 Å². The van der Waals surface area contributed by atoms with Gasteiger partial charge in [-0.05, 0) is 53.4 Å². The van der Waals surface area contributed by atoms with Crippen molar-refractivity contribution in [3.8, 4) is 0 Å². The predicted molar refractivity (Wildman–Crippen MR) is 141 cm³/mol. The van der Waals surface area contributed by atoms with Crippen molar-refractivity contribution >= 4 is 43.2 Å². The summed E-state index contributed by atoms with van der Waals surface area (Å²) in [6.45, 7) is 11.0. The van der Waals surface area contributed by atoms with Crippen LogP contribution in [0.15, 0.2) is 91.0 Å². The third-order valence-electron chi connectivity index (χ3n) is 5.86. The molecule has 3 aromatic carbocycles. The van der Waals surface area contributed by atoms with E-state index in [0.29, 0.717) is 0 Å². The van der Waals surface area contributed by atoms with E-state index in [-0.39, 0.29) is 15.1 Å². The first-order valence-corrected chi connectivity index (χ1v) is 16.0. The zero-order valence-corrected chi connectivity index (χ0v) is 23.2. The Kier molecular flexibility index (Phi) is 12.5. The second-order valence-electron chi connectivity index (χ2n) is 7.51. The molecule has 0 bridgehead atoms. The molecule has 169 valence electrons. The smallest absolute Gasteiger partial charge is 0.0134 e. The maximum Gasteiger partial charge on any atom is -0.0134 e. The third kappa shape index (κ3) is 7.67. The first-order valence-electron chi connectivity index (χ1n) is 10.4. The van der Waals surface area contributed by atoms with Crippen LogP contribution in [0.1, 0.15) is 34.6 Å². The molecule has 0 aliphatic heterocycles. The van der Waals surface area contributed by atoms with Crippen molar-refractivity contribution in [1.29, 1.82) is 0 Å². The van der Waals surface area contributed by atoms with Crippen molar-refractivity contribution in [3.05, 3.63) is 121 Å². The van der Waals surface area contributed by atoms with Crippen LogP contribution in [0.5, 0.6) is 0 Å². The zero-order valence-electron chi connectivity index (χ0n) is 19.2. The Labute approximate surface area is 212 Å². The molecule has 1 fully saturated rings. The largest absolute Gasteiger partial charge is 0.0622 e. The third-order valence-corrected chi connectivity index (χ3v) is 8.30. The normalized spacial score (nSPS) is 15.9. The summed E-state index contributed by atoms with van der Waals surface area (Å²) in [6.07, 6.45) is 0. The van der Waals surface area contributed by atoms with E-state index >= 15 is 0 Å². The first-order chi connectivity index (χ1) is 15.4. The minimum atomic E-state index is -0.446. The van der Waals surface area contributed by atoms with Crippen LogP contribution in [0.25, 0.3) is 0 Å². The Hall–Kier alpha value is -0.707. The fraction of sp³-hybridized carbons (Fsp3) is 0.179. The average molecular weight is 571 g/mol. The summed E-state index contributed by atoms with van der Waals surface area (Å²) in [5.74, 6) is 7.34. The molecule has 0 N–H and O–H groups in total. The van der Waals surface area contributed by atoms with Gasteiger partial charge in [0.2, 0.25) is 0 Å². The van der Waals surface area contributed by atoms with E-state index in [9.17, 15) is 0 Å². The SMILES string of the molecule is C[C]1[C](C)[C](C)[C](C)[C]1C.[Cl][Rh+][Cl].c1ccc(P(c2ccccc2)c2ccccc2)cc1. The van der Waals surface area contributed by atoms with E-state index in [0.717, 1.165) is 0 Å². The van der Waals surface area contributed by atoms with Crippen molar-refractivity contribution < 1.29 is 15.1 Å². The molecule has 5 radical (unpaired) electrons. The van der Waals surface area contributed by atoms with E-state index in [1.54, 1.807) is 0 Å².